The van der Waals surface area contributed by atoms with Gasteiger partial charge in [-0.2, -0.15) is 0 Å². The minimum Gasteiger partial charge on any atom is -0.327 e. The van der Waals surface area contributed by atoms with Gasteiger partial charge in [0.1, 0.15) is 0 Å². The number of anilines is 1. The molecule has 3 N–H and O–H groups in total. The lowest BCUT2D eigenvalue weighted by Crippen LogP contribution is -2.31. The van der Waals surface area contributed by atoms with E-state index in [-0.39, 0.29) is 24.3 Å². The molecule has 0 bridgehead atoms. The fourth-order valence-corrected chi connectivity index (χ4v) is 2.21. The van der Waals surface area contributed by atoms with Crippen molar-refractivity contribution in [3.63, 3.8) is 0 Å². The lowest BCUT2D eigenvalue weighted by molar-refractivity contribution is -0.116. The van der Waals surface area contributed by atoms with Crippen LogP contribution in [0, 0.1) is 5.92 Å². The zero-order valence-corrected chi connectivity index (χ0v) is 12.4. The molecule has 1 rings (SSSR count). The first-order valence-electron chi connectivity index (χ1n) is 5.51. The molecule has 1 aromatic rings. The van der Waals surface area contributed by atoms with Crippen molar-refractivity contribution < 1.29 is 4.79 Å². The van der Waals surface area contributed by atoms with Gasteiger partial charge in [0, 0.05) is 17.5 Å². The van der Waals surface area contributed by atoms with Crippen molar-refractivity contribution in [2.24, 2.45) is 11.7 Å². The summed E-state index contributed by atoms with van der Waals surface area (Å²) >= 11 is 17.7. The van der Waals surface area contributed by atoms with Gasteiger partial charge in [0.05, 0.1) is 15.7 Å². The molecule has 0 aliphatic heterocycles. The highest BCUT2D eigenvalue weighted by molar-refractivity contribution is 6.42. The van der Waals surface area contributed by atoms with E-state index in [1.165, 1.54) is 12.1 Å². The number of nitrogens with one attached hydrogen (secondary N) is 1. The molecular formula is C12H15Cl3N2O. The summed E-state index contributed by atoms with van der Waals surface area (Å²) in [6, 6.07) is 2.84. The highest BCUT2D eigenvalue weighted by Crippen LogP contribution is 2.33. The van der Waals surface area contributed by atoms with Crippen LogP contribution in [0.1, 0.15) is 20.3 Å². The van der Waals surface area contributed by atoms with Gasteiger partial charge in [-0.15, -0.1) is 0 Å². The number of hydrogen-bond donors (Lipinski definition) is 2. The number of carbonyl (C=O) groups is 1. The van der Waals surface area contributed by atoms with Crippen LogP contribution in [0.5, 0.6) is 0 Å². The number of benzene rings is 1. The third-order valence-corrected chi connectivity index (χ3v) is 3.36. The maximum absolute atomic E-state index is 11.8. The van der Waals surface area contributed by atoms with Crippen LogP contribution < -0.4 is 11.1 Å². The zero-order valence-electron chi connectivity index (χ0n) is 10.1. The molecule has 0 spiro atoms. The van der Waals surface area contributed by atoms with E-state index in [1.54, 1.807) is 0 Å². The number of halogens is 3. The average Bonchev–Trinajstić information content (AvgIpc) is 2.23. The molecule has 0 saturated heterocycles. The molecule has 0 aromatic heterocycles. The van der Waals surface area contributed by atoms with E-state index in [4.69, 9.17) is 40.5 Å². The number of carbonyl (C=O) groups excluding carboxylic acids is 1. The second-order valence-electron chi connectivity index (χ2n) is 4.40. The lowest BCUT2D eigenvalue weighted by Gasteiger charge is -2.16. The Labute approximate surface area is 122 Å². The zero-order chi connectivity index (χ0) is 13.9. The van der Waals surface area contributed by atoms with E-state index < -0.39 is 0 Å². The number of nitrogens with two attached hydrogens (primary N) is 1. The number of rotatable bonds is 4. The topological polar surface area (TPSA) is 55.1 Å². The fraction of sp³-hybridized carbons (Fsp3) is 0.417. The minimum atomic E-state index is -0.220. The van der Waals surface area contributed by atoms with E-state index in [1.807, 2.05) is 13.8 Å². The molecule has 1 atom stereocenters. The Hall–Kier alpha value is -0.480. The highest BCUT2D eigenvalue weighted by atomic mass is 35.5. The van der Waals surface area contributed by atoms with Crippen LogP contribution in [0.3, 0.4) is 0 Å². The first-order valence-corrected chi connectivity index (χ1v) is 6.64. The van der Waals surface area contributed by atoms with Gasteiger partial charge in [-0.05, 0) is 18.1 Å². The maximum atomic E-state index is 11.8. The van der Waals surface area contributed by atoms with E-state index >= 15 is 0 Å². The van der Waals surface area contributed by atoms with Gasteiger partial charge in [0.2, 0.25) is 5.91 Å². The van der Waals surface area contributed by atoms with Crippen LogP contribution in [0.25, 0.3) is 0 Å². The molecule has 3 nitrogen and oxygen atoms in total. The third kappa shape index (κ3) is 4.32. The van der Waals surface area contributed by atoms with Gasteiger partial charge >= 0.3 is 0 Å². The minimum absolute atomic E-state index is 0.199. The van der Waals surface area contributed by atoms with Crippen LogP contribution in [0.15, 0.2) is 12.1 Å². The summed E-state index contributed by atoms with van der Waals surface area (Å²) in [4.78, 5) is 11.8. The third-order valence-electron chi connectivity index (χ3n) is 2.55. The molecule has 0 saturated carbocycles. The van der Waals surface area contributed by atoms with Crippen molar-refractivity contribution in [2.45, 2.75) is 26.3 Å². The molecule has 0 aliphatic rings. The highest BCUT2D eigenvalue weighted by Gasteiger charge is 2.15. The van der Waals surface area contributed by atoms with Crippen LogP contribution >= 0.6 is 34.8 Å². The SMILES string of the molecule is CC(C)C(N)CC(=O)Nc1c(Cl)cc(Cl)cc1Cl. The van der Waals surface area contributed by atoms with Crippen molar-refractivity contribution in [1.82, 2.24) is 0 Å². The average molecular weight is 310 g/mol. The second kappa shape index (κ2) is 6.62. The Morgan fingerprint density at radius 3 is 2.22 bits per heavy atom. The molecule has 0 heterocycles. The standard InChI is InChI=1S/C12H15Cl3N2O/c1-6(2)10(16)5-11(18)17-12-8(14)3-7(13)4-9(12)15/h3-4,6,10H,5,16H2,1-2H3,(H,17,18). The molecule has 18 heavy (non-hydrogen) atoms. The quantitative estimate of drug-likeness (QED) is 0.884. The van der Waals surface area contributed by atoms with Crippen molar-refractivity contribution >= 4 is 46.4 Å². The van der Waals surface area contributed by atoms with Gasteiger partial charge in [-0.3, -0.25) is 4.79 Å². The van der Waals surface area contributed by atoms with E-state index in [2.05, 4.69) is 5.32 Å². The predicted molar refractivity (Wildman–Crippen MR) is 77.5 cm³/mol. The Balaban J connectivity index is 2.77. The lowest BCUT2D eigenvalue weighted by atomic mass is 10.0. The summed E-state index contributed by atoms with van der Waals surface area (Å²) in [6.45, 7) is 3.92. The summed E-state index contributed by atoms with van der Waals surface area (Å²) in [5, 5.41) is 3.68. The number of hydrogen-bond acceptors (Lipinski definition) is 2. The molecule has 0 aliphatic carbocycles. The number of amides is 1. The summed E-state index contributed by atoms with van der Waals surface area (Å²) < 4.78 is 0. The predicted octanol–water partition coefficient (Wildman–Crippen LogP) is 3.96. The van der Waals surface area contributed by atoms with Gasteiger partial charge in [-0.25, -0.2) is 0 Å². The van der Waals surface area contributed by atoms with Crippen molar-refractivity contribution in [3.05, 3.63) is 27.2 Å². The van der Waals surface area contributed by atoms with E-state index in [0.29, 0.717) is 20.8 Å². The van der Waals surface area contributed by atoms with Crippen molar-refractivity contribution in [3.8, 4) is 0 Å². The molecule has 1 unspecified atom stereocenters. The van der Waals surface area contributed by atoms with Gasteiger partial charge < -0.3 is 11.1 Å². The summed E-state index contributed by atoms with van der Waals surface area (Å²) in [6.07, 6.45) is 0.215. The first kappa shape index (κ1) is 15.6. The molecule has 0 fully saturated rings. The van der Waals surface area contributed by atoms with Crippen LogP contribution in [0.2, 0.25) is 15.1 Å². The normalized spacial score (nSPS) is 12.6. The Kier molecular flexibility index (Phi) is 5.73. The van der Waals surface area contributed by atoms with Gasteiger partial charge in [-0.1, -0.05) is 48.7 Å². The fourth-order valence-electron chi connectivity index (χ4n) is 1.30. The van der Waals surface area contributed by atoms with Crippen molar-refractivity contribution in [2.75, 3.05) is 5.32 Å². The second-order valence-corrected chi connectivity index (χ2v) is 5.66. The molecule has 6 heteroatoms. The van der Waals surface area contributed by atoms with Gasteiger partial charge in [0.15, 0.2) is 0 Å². The smallest absolute Gasteiger partial charge is 0.226 e. The molecule has 1 amide bonds. The molecule has 1 aromatic carbocycles. The van der Waals surface area contributed by atoms with Crippen molar-refractivity contribution in [1.29, 1.82) is 0 Å². The molecule has 0 radical (unpaired) electrons. The molecular weight excluding hydrogens is 295 g/mol. The maximum Gasteiger partial charge on any atom is 0.226 e. The van der Waals surface area contributed by atoms with Crippen LogP contribution in [0.4, 0.5) is 5.69 Å². The monoisotopic (exact) mass is 308 g/mol. The van der Waals surface area contributed by atoms with Crippen LogP contribution in [-0.4, -0.2) is 11.9 Å². The first-order chi connectivity index (χ1) is 8.31. The van der Waals surface area contributed by atoms with E-state index in [9.17, 15) is 4.79 Å². The summed E-state index contributed by atoms with van der Waals surface area (Å²) in [5.41, 5.74) is 6.19. The van der Waals surface area contributed by atoms with E-state index in [0.717, 1.165) is 0 Å². The Morgan fingerprint density at radius 1 is 1.28 bits per heavy atom. The molecule has 100 valence electrons. The Bertz CT molecular complexity index is 426. The summed E-state index contributed by atoms with van der Waals surface area (Å²) in [7, 11) is 0. The van der Waals surface area contributed by atoms with Gasteiger partial charge in [0.25, 0.3) is 0 Å². The summed E-state index contributed by atoms with van der Waals surface area (Å²) in [5.74, 6) is 0.00855. The largest absolute Gasteiger partial charge is 0.327 e. The Morgan fingerprint density at radius 2 is 1.78 bits per heavy atom. The van der Waals surface area contributed by atoms with Crippen LogP contribution in [-0.2, 0) is 4.79 Å².